The number of allylic oxidation sites excluding steroid dienone is 1. The van der Waals surface area contributed by atoms with E-state index in [-0.39, 0.29) is 29.4 Å². The standard InChI is InChI=1S/C25H21F3O4/c1-2-17-6-8-18(9-7-17)12-15-22(30)24-21(29)4-3-5-23(24)31-16-19-10-13-20(14-11-19)32-25(26,27)28/h3-15,29H,2,16H2,1H3/b15-12+. The van der Waals surface area contributed by atoms with Gasteiger partial charge in [0, 0.05) is 0 Å². The Morgan fingerprint density at radius 3 is 2.25 bits per heavy atom. The van der Waals surface area contributed by atoms with Gasteiger partial charge in [0.25, 0.3) is 0 Å². The summed E-state index contributed by atoms with van der Waals surface area (Å²) in [4.78, 5) is 12.7. The maximum absolute atomic E-state index is 12.7. The fraction of sp³-hybridized carbons (Fsp3) is 0.160. The molecule has 0 atom stereocenters. The first-order valence-corrected chi connectivity index (χ1v) is 9.86. The number of benzene rings is 3. The molecule has 0 bridgehead atoms. The molecular formula is C25H21F3O4. The summed E-state index contributed by atoms with van der Waals surface area (Å²) in [6, 6.07) is 17.4. The van der Waals surface area contributed by atoms with Crippen molar-refractivity contribution in [2.45, 2.75) is 26.3 Å². The Bertz CT molecular complexity index is 1090. The summed E-state index contributed by atoms with van der Waals surface area (Å²) in [6.45, 7) is 2.04. The van der Waals surface area contributed by atoms with Crippen molar-refractivity contribution in [3.05, 3.63) is 95.1 Å². The second kappa shape index (κ2) is 10.0. The fourth-order valence-electron chi connectivity index (χ4n) is 2.96. The van der Waals surface area contributed by atoms with Gasteiger partial charge in [-0.05, 0) is 53.5 Å². The van der Waals surface area contributed by atoms with E-state index >= 15 is 0 Å². The van der Waals surface area contributed by atoms with Crippen molar-refractivity contribution in [3.8, 4) is 17.2 Å². The number of hydrogen-bond acceptors (Lipinski definition) is 4. The second-order valence-electron chi connectivity index (χ2n) is 6.92. The van der Waals surface area contributed by atoms with Gasteiger partial charge >= 0.3 is 6.36 Å². The number of aryl methyl sites for hydroxylation is 1. The Hall–Kier alpha value is -3.74. The predicted octanol–water partition coefficient (Wildman–Crippen LogP) is 6.33. The van der Waals surface area contributed by atoms with E-state index in [4.69, 9.17) is 4.74 Å². The third-order valence-corrected chi connectivity index (χ3v) is 4.62. The zero-order chi connectivity index (χ0) is 23.1. The van der Waals surface area contributed by atoms with Gasteiger partial charge in [-0.15, -0.1) is 13.2 Å². The van der Waals surface area contributed by atoms with Crippen molar-refractivity contribution < 1.29 is 32.5 Å². The lowest BCUT2D eigenvalue weighted by Crippen LogP contribution is -2.17. The minimum absolute atomic E-state index is 0.00551. The van der Waals surface area contributed by atoms with Crippen LogP contribution in [-0.2, 0) is 13.0 Å². The number of ether oxygens (including phenoxy) is 2. The molecule has 3 aromatic rings. The highest BCUT2D eigenvalue weighted by atomic mass is 19.4. The van der Waals surface area contributed by atoms with Gasteiger partial charge in [0.15, 0.2) is 5.78 Å². The molecule has 0 amide bonds. The van der Waals surface area contributed by atoms with Crippen LogP contribution >= 0.6 is 0 Å². The minimum atomic E-state index is -4.76. The number of hydrogen-bond donors (Lipinski definition) is 1. The lowest BCUT2D eigenvalue weighted by atomic mass is 10.1. The van der Waals surface area contributed by atoms with Crippen LogP contribution in [0.2, 0.25) is 0 Å². The average Bonchev–Trinajstić information content (AvgIpc) is 2.76. The van der Waals surface area contributed by atoms with Gasteiger partial charge in [-0.3, -0.25) is 4.79 Å². The van der Waals surface area contributed by atoms with Crippen molar-refractivity contribution in [3.63, 3.8) is 0 Å². The fourth-order valence-corrected chi connectivity index (χ4v) is 2.96. The van der Waals surface area contributed by atoms with Crippen molar-refractivity contribution in [2.75, 3.05) is 0 Å². The SMILES string of the molecule is CCc1ccc(/C=C/C(=O)c2c(O)cccc2OCc2ccc(OC(F)(F)F)cc2)cc1. The van der Waals surface area contributed by atoms with E-state index in [0.717, 1.165) is 12.0 Å². The highest BCUT2D eigenvalue weighted by molar-refractivity contribution is 6.10. The van der Waals surface area contributed by atoms with Gasteiger partial charge in [-0.25, -0.2) is 0 Å². The molecule has 3 aromatic carbocycles. The number of phenols is 1. The molecule has 166 valence electrons. The molecule has 0 spiro atoms. The van der Waals surface area contributed by atoms with Crippen LogP contribution < -0.4 is 9.47 Å². The van der Waals surface area contributed by atoms with Gasteiger partial charge in [-0.2, -0.15) is 0 Å². The number of aromatic hydroxyl groups is 1. The minimum Gasteiger partial charge on any atom is -0.507 e. The van der Waals surface area contributed by atoms with Gasteiger partial charge in [0.05, 0.1) is 0 Å². The number of alkyl halides is 3. The van der Waals surface area contributed by atoms with E-state index in [9.17, 15) is 23.1 Å². The maximum Gasteiger partial charge on any atom is 0.573 e. The van der Waals surface area contributed by atoms with Gasteiger partial charge < -0.3 is 14.6 Å². The number of ketones is 1. The first-order chi connectivity index (χ1) is 15.2. The molecule has 0 saturated heterocycles. The van der Waals surface area contributed by atoms with Gasteiger partial charge in [-0.1, -0.05) is 55.5 Å². The van der Waals surface area contributed by atoms with E-state index < -0.39 is 12.1 Å². The van der Waals surface area contributed by atoms with Crippen LogP contribution in [0.5, 0.6) is 17.2 Å². The smallest absolute Gasteiger partial charge is 0.507 e. The predicted molar refractivity (Wildman–Crippen MR) is 115 cm³/mol. The van der Waals surface area contributed by atoms with E-state index in [2.05, 4.69) is 11.7 Å². The molecular weight excluding hydrogens is 421 g/mol. The molecule has 4 nitrogen and oxygen atoms in total. The molecule has 0 fully saturated rings. The Labute approximate surface area is 183 Å². The molecule has 0 aliphatic heterocycles. The molecule has 7 heteroatoms. The lowest BCUT2D eigenvalue weighted by Gasteiger charge is -2.12. The largest absolute Gasteiger partial charge is 0.573 e. The summed E-state index contributed by atoms with van der Waals surface area (Å²) >= 11 is 0. The number of phenolic OH excluding ortho intramolecular Hbond substituents is 1. The highest BCUT2D eigenvalue weighted by Gasteiger charge is 2.30. The quantitative estimate of drug-likeness (QED) is 0.327. The molecule has 0 aromatic heterocycles. The summed E-state index contributed by atoms with van der Waals surface area (Å²) < 4.78 is 46.3. The Morgan fingerprint density at radius 1 is 0.969 bits per heavy atom. The molecule has 3 rings (SSSR count). The number of rotatable bonds is 8. The van der Waals surface area contributed by atoms with Crippen molar-refractivity contribution in [1.29, 1.82) is 0 Å². The molecule has 1 N–H and O–H groups in total. The molecule has 0 aliphatic carbocycles. The Morgan fingerprint density at radius 2 is 1.62 bits per heavy atom. The highest BCUT2D eigenvalue weighted by Crippen LogP contribution is 2.30. The first kappa shape index (κ1) is 22.9. The number of halogens is 3. The molecule has 0 saturated carbocycles. The maximum atomic E-state index is 12.7. The van der Waals surface area contributed by atoms with Crippen LogP contribution in [0.15, 0.2) is 72.8 Å². The lowest BCUT2D eigenvalue weighted by molar-refractivity contribution is -0.274. The summed E-state index contributed by atoms with van der Waals surface area (Å²) in [5.74, 6) is -0.845. The molecule has 0 radical (unpaired) electrons. The van der Waals surface area contributed by atoms with Gasteiger partial charge in [0.1, 0.15) is 29.4 Å². The first-order valence-electron chi connectivity index (χ1n) is 9.86. The zero-order valence-corrected chi connectivity index (χ0v) is 17.2. The summed E-state index contributed by atoms with van der Waals surface area (Å²) in [5, 5.41) is 10.2. The number of carbonyl (C=O) groups is 1. The Kier molecular flexibility index (Phi) is 7.20. The number of carbonyl (C=O) groups excluding carboxylic acids is 1. The van der Waals surface area contributed by atoms with E-state index in [1.807, 2.05) is 24.3 Å². The van der Waals surface area contributed by atoms with Crippen molar-refractivity contribution >= 4 is 11.9 Å². The van der Waals surface area contributed by atoms with E-state index in [1.54, 1.807) is 6.08 Å². The molecule has 0 heterocycles. The second-order valence-corrected chi connectivity index (χ2v) is 6.92. The van der Waals surface area contributed by atoms with Crippen LogP contribution in [0.1, 0.15) is 34.0 Å². The normalized spacial score (nSPS) is 11.5. The molecule has 0 unspecified atom stereocenters. The van der Waals surface area contributed by atoms with Crippen molar-refractivity contribution in [2.24, 2.45) is 0 Å². The zero-order valence-electron chi connectivity index (χ0n) is 17.2. The summed E-state index contributed by atoms with van der Waals surface area (Å²) in [6.07, 6.45) is -0.844. The van der Waals surface area contributed by atoms with E-state index in [1.165, 1.54) is 54.1 Å². The summed E-state index contributed by atoms with van der Waals surface area (Å²) in [7, 11) is 0. The van der Waals surface area contributed by atoms with Crippen LogP contribution in [0.3, 0.4) is 0 Å². The van der Waals surface area contributed by atoms with Crippen molar-refractivity contribution in [1.82, 2.24) is 0 Å². The molecule has 0 aliphatic rings. The third kappa shape index (κ3) is 6.38. The average molecular weight is 442 g/mol. The topological polar surface area (TPSA) is 55.8 Å². The van der Waals surface area contributed by atoms with Gasteiger partial charge in [0.2, 0.25) is 0 Å². The van der Waals surface area contributed by atoms with E-state index in [0.29, 0.717) is 5.56 Å². The van der Waals surface area contributed by atoms with Crippen LogP contribution in [-0.4, -0.2) is 17.3 Å². The molecule has 32 heavy (non-hydrogen) atoms. The van der Waals surface area contributed by atoms with Crippen LogP contribution in [0.4, 0.5) is 13.2 Å². The van der Waals surface area contributed by atoms with Crippen LogP contribution in [0, 0.1) is 0 Å². The monoisotopic (exact) mass is 442 g/mol. The van der Waals surface area contributed by atoms with Crippen LogP contribution in [0.25, 0.3) is 6.08 Å². The Balaban J connectivity index is 1.71. The summed E-state index contributed by atoms with van der Waals surface area (Å²) in [5.41, 5.74) is 2.59. The third-order valence-electron chi connectivity index (χ3n) is 4.62.